The molecule has 0 spiro atoms. The number of nitrogen functional groups attached to an aromatic ring is 1. The molecule has 180 valence electrons. The van der Waals surface area contributed by atoms with Crippen LogP contribution in [0.3, 0.4) is 0 Å². The number of hydrogen-bond acceptors (Lipinski definition) is 8. The normalized spacial score (nSPS) is 11.2. The molecule has 0 aliphatic carbocycles. The number of nitrogens with two attached hydrogens (primary N) is 1. The van der Waals surface area contributed by atoms with Gasteiger partial charge in [-0.2, -0.15) is 5.10 Å². The molecular formula is C24H24N6O5. The highest BCUT2D eigenvalue weighted by Gasteiger charge is 2.24. The number of pyridine rings is 1. The maximum absolute atomic E-state index is 13.1. The van der Waals surface area contributed by atoms with Gasteiger partial charge >= 0.3 is 11.7 Å². The number of fused-ring (bicyclic) bond motifs is 1. The minimum absolute atomic E-state index is 0.0135. The molecule has 3 heterocycles. The number of nitrogens with zero attached hydrogens (tertiary/aromatic N) is 5. The van der Waals surface area contributed by atoms with Gasteiger partial charge in [0.2, 0.25) is 5.78 Å². The predicted molar refractivity (Wildman–Crippen MR) is 129 cm³/mol. The van der Waals surface area contributed by atoms with E-state index in [1.807, 2.05) is 44.2 Å². The summed E-state index contributed by atoms with van der Waals surface area (Å²) in [5.41, 5.74) is 5.88. The van der Waals surface area contributed by atoms with Crippen molar-refractivity contribution in [2.24, 2.45) is 14.1 Å². The highest BCUT2D eigenvalue weighted by molar-refractivity contribution is 6.06. The molecule has 0 saturated heterocycles. The molecule has 0 aliphatic rings. The molecule has 0 unspecified atom stereocenters. The van der Waals surface area contributed by atoms with E-state index in [4.69, 9.17) is 15.5 Å². The number of rotatable bonds is 6. The Morgan fingerprint density at radius 3 is 2.43 bits per heavy atom. The van der Waals surface area contributed by atoms with E-state index in [1.165, 1.54) is 20.3 Å². The fourth-order valence-electron chi connectivity index (χ4n) is 3.72. The van der Waals surface area contributed by atoms with Gasteiger partial charge in [-0.25, -0.2) is 19.3 Å². The largest absolute Gasteiger partial charge is 0.454 e. The lowest BCUT2D eigenvalue weighted by Crippen LogP contribution is -2.42. The van der Waals surface area contributed by atoms with E-state index >= 15 is 0 Å². The van der Waals surface area contributed by atoms with E-state index in [1.54, 1.807) is 10.7 Å². The second kappa shape index (κ2) is 9.01. The van der Waals surface area contributed by atoms with Crippen LogP contribution < -0.4 is 17.0 Å². The Balaban J connectivity index is 1.71. The fourth-order valence-corrected chi connectivity index (χ4v) is 3.72. The number of ketones is 1. The molecule has 35 heavy (non-hydrogen) atoms. The minimum Gasteiger partial charge on any atom is -0.454 e. The van der Waals surface area contributed by atoms with Crippen LogP contribution in [0, 0.1) is 0 Å². The van der Waals surface area contributed by atoms with Gasteiger partial charge in [-0.15, -0.1) is 0 Å². The van der Waals surface area contributed by atoms with Crippen LogP contribution >= 0.6 is 0 Å². The van der Waals surface area contributed by atoms with E-state index < -0.39 is 35.2 Å². The zero-order valence-electron chi connectivity index (χ0n) is 19.7. The number of carbonyl (C=O) groups excluding carboxylic acids is 2. The van der Waals surface area contributed by atoms with Crippen molar-refractivity contribution >= 4 is 28.6 Å². The topological polar surface area (TPSA) is 144 Å². The Bertz CT molecular complexity index is 1580. The molecule has 0 atom stereocenters. The van der Waals surface area contributed by atoms with Crippen LogP contribution in [0.4, 0.5) is 5.82 Å². The third-order valence-corrected chi connectivity index (χ3v) is 5.67. The number of aromatic nitrogens is 5. The molecule has 3 aromatic heterocycles. The Morgan fingerprint density at radius 2 is 1.77 bits per heavy atom. The lowest BCUT2D eigenvalue weighted by molar-refractivity contribution is 0.0476. The third-order valence-electron chi connectivity index (χ3n) is 5.67. The van der Waals surface area contributed by atoms with Crippen LogP contribution in [-0.2, 0) is 18.8 Å². The van der Waals surface area contributed by atoms with Gasteiger partial charge in [-0.1, -0.05) is 30.3 Å². The van der Waals surface area contributed by atoms with Gasteiger partial charge in [0, 0.05) is 25.7 Å². The summed E-state index contributed by atoms with van der Waals surface area (Å²) in [5, 5.41) is 4.82. The Hall–Kier alpha value is -4.54. The van der Waals surface area contributed by atoms with Gasteiger partial charge in [0.15, 0.2) is 12.3 Å². The number of benzene rings is 1. The van der Waals surface area contributed by atoms with E-state index in [-0.39, 0.29) is 17.4 Å². The van der Waals surface area contributed by atoms with Crippen molar-refractivity contribution in [3.63, 3.8) is 0 Å². The standard InChI is InChI=1S/C24H24N6O5/c1-13(2)30-21-16(11-26-30)15(10-17(27-21)14-8-6-5-7-9-14)23(33)35-12-18(31)19-20(25)28(3)24(34)29(4)22(19)32/h5-11,13H,12,25H2,1-4H3. The summed E-state index contributed by atoms with van der Waals surface area (Å²) in [5.74, 6) is -1.90. The third kappa shape index (κ3) is 4.12. The van der Waals surface area contributed by atoms with Crippen molar-refractivity contribution < 1.29 is 14.3 Å². The number of Topliss-reactive ketones (excluding diaryl/α,β-unsaturated/α-hetero) is 1. The molecule has 4 rings (SSSR count). The van der Waals surface area contributed by atoms with Crippen LogP contribution in [0.1, 0.15) is 40.6 Å². The molecule has 0 bridgehead atoms. The fraction of sp³-hybridized carbons (Fsp3) is 0.250. The molecule has 0 saturated carbocycles. The van der Waals surface area contributed by atoms with Crippen molar-refractivity contribution in [2.75, 3.05) is 12.3 Å². The molecule has 11 nitrogen and oxygen atoms in total. The van der Waals surface area contributed by atoms with E-state index in [0.29, 0.717) is 16.7 Å². The van der Waals surface area contributed by atoms with Gasteiger partial charge in [-0.05, 0) is 19.9 Å². The summed E-state index contributed by atoms with van der Waals surface area (Å²) in [7, 11) is 2.57. The number of anilines is 1. The highest BCUT2D eigenvalue weighted by Crippen LogP contribution is 2.27. The number of hydrogen-bond donors (Lipinski definition) is 1. The summed E-state index contributed by atoms with van der Waals surface area (Å²) in [4.78, 5) is 55.0. The molecular weight excluding hydrogens is 452 g/mol. The molecule has 0 aliphatic heterocycles. The van der Waals surface area contributed by atoms with Crippen molar-refractivity contribution in [2.45, 2.75) is 19.9 Å². The summed E-state index contributed by atoms with van der Waals surface area (Å²) in [6.45, 7) is 3.15. The Kier molecular flexibility index (Phi) is 6.08. The van der Waals surface area contributed by atoms with Gasteiger partial charge in [0.05, 0.1) is 22.8 Å². The van der Waals surface area contributed by atoms with Crippen molar-refractivity contribution in [3.8, 4) is 11.3 Å². The van der Waals surface area contributed by atoms with Crippen LogP contribution in [0.5, 0.6) is 0 Å². The van der Waals surface area contributed by atoms with E-state index in [0.717, 1.165) is 14.7 Å². The maximum atomic E-state index is 13.1. The molecule has 0 fully saturated rings. The molecule has 0 amide bonds. The second-order valence-electron chi connectivity index (χ2n) is 8.31. The van der Waals surface area contributed by atoms with Crippen LogP contribution in [0.2, 0.25) is 0 Å². The minimum atomic E-state index is -0.859. The Labute approximate surface area is 199 Å². The lowest BCUT2D eigenvalue weighted by atomic mass is 10.1. The SMILES string of the molecule is CC(C)n1ncc2c(C(=O)OCC(=O)c3c(N)n(C)c(=O)n(C)c3=O)cc(-c3ccccc3)nc21. The quantitative estimate of drug-likeness (QED) is 0.327. The number of carbonyl (C=O) groups is 2. The molecule has 4 aromatic rings. The smallest absolute Gasteiger partial charge is 0.339 e. The first-order valence-electron chi connectivity index (χ1n) is 10.8. The number of ether oxygens (including phenoxy) is 1. The summed E-state index contributed by atoms with van der Waals surface area (Å²) in [6, 6.07) is 10.9. The van der Waals surface area contributed by atoms with Crippen molar-refractivity contribution in [3.05, 3.63) is 74.6 Å². The Morgan fingerprint density at radius 1 is 1.09 bits per heavy atom. The van der Waals surface area contributed by atoms with E-state index in [9.17, 15) is 19.2 Å². The second-order valence-corrected chi connectivity index (χ2v) is 8.31. The summed E-state index contributed by atoms with van der Waals surface area (Å²) < 4.78 is 8.73. The molecule has 2 N–H and O–H groups in total. The highest BCUT2D eigenvalue weighted by atomic mass is 16.5. The van der Waals surface area contributed by atoms with Crippen LogP contribution in [0.25, 0.3) is 22.3 Å². The van der Waals surface area contributed by atoms with Gasteiger partial charge in [0.1, 0.15) is 11.4 Å². The maximum Gasteiger partial charge on any atom is 0.339 e. The predicted octanol–water partition coefficient (Wildman–Crippen LogP) is 1.70. The number of esters is 1. The first-order valence-corrected chi connectivity index (χ1v) is 10.8. The zero-order valence-corrected chi connectivity index (χ0v) is 19.7. The first-order chi connectivity index (χ1) is 16.6. The van der Waals surface area contributed by atoms with Crippen LogP contribution in [0.15, 0.2) is 52.2 Å². The molecule has 1 aromatic carbocycles. The van der Waals surface area contributed by atoms with Gasteiger partial charge in [0.25, 0.3) is 5.56 Å². The zero-order chi connectivity index (χ0) is 25.4. The van der Waals surface area contributed by atoms with Gasteiger partial charge < -0.3 is 10.5 Å². The van der Waals surface area contributed by atoms with Crippen molar-refractivity contribution in [1.82, 2.24) is 23.9 Å². The average molecular weight is 476 g/mol. The summed E-state index contributed by atoms with van der Waals surface area (Å²) >= 11 is 0. The lowest BCUT2D eigenvalue weighted by Gasteiger charge is -2.12. The van der Waals surface area contributed by atoms with Gasteiger partial charge in [-0.3, -0.25) is 18.7 Å². The average Bonchev–Trinajstić information content (AvgIpc) is 3.29. The van der Waals surface area contributed by atoms with E-state index in [2.05, 4.69) is 5.10 Å². The monoisotopic (exact) mass is 476 g/mol. The molecule has 11 heteroatoms. The van der Waals surface area contributed by atoms with Crippen LogP contribution in [-0.4, -0.2) is 42.3 Å². The molecule has 0 radical (unpaired) electrons. The first kappa shape index (κ1) is 23.6. The summed E-state index contributed by atoms with van der Waals surface area (Å²) in [6.07, 6.45) is 1.52. The van der Waals surface area contributed by atoms with Crippen molar-refractivity contribution in [1.29, 1.82) is 0 Å².